The quantitative estimate of drug-likeness (QED) is 0.902. The fourth-order valence-electron chi connectivity index (χ4n) is 2.48. The van der Waals surface area contributed by atoms with Crippen LogP contribution >= 0.6 is 11.6 Å². The number of nitrogens with zero attached hydrogens (tertiary/aromatic N) is 2. The number of carbonyl (C=O) groups excluding carboxylic acids is 1. The lowest BCUT2D eigenvalue weighted by Gasteiger charge is -2.29. The zero-order valence-corrected chi connectivity index (χ0v) is 11.7. The topological polar surface area (TPSA) is 76.7 Å². The van der Waals surface area contributed by atoms with Crippen LogP contribution < -0.4 is 5.32 Å². The molecule has 0 heterocycles. The first kappa shape index (κ1) is 14.4. The highest BCUT2D eigenvalue weighted by molar-refractivity contribution is 6.33. The summed E-state index contributed by atoms with van der Waals surface area (Å²) in [5, 5.41) is 21.3. The van der Waals surface area contributed by atoms with Gasteiger partial charge < -0.3 is 5.32 Å². The molecule has 1 aromatic rings. The Kier molecular flexibility index (Phi) is 4.27. The molecule has 0 saturated heterocycles. The third-order valence-corrected chi connectivity index (χ3v) is 4.03. The first-order valence-corrected chi connectivity index (χ1v) is 6.91. The predicted molar refractivity (Wildman–Crippen MR) is 75.9 cm³/mol. The van der Waals surface area contributed by atoms with E-state index in [1.165, 1.54) is 6.07 Å². The van der Waals surface area contributed by atoms with Crippen LogP contribution in [0.15, 0.2) is 18.2 Å². The Morgan fingerprint density at radius 2 is 1.95 bits per heavy atom. The molecule has 1 amide bonds. The molecule has 0 aliphatic heterocycles. The first-order valence-electron chi connectivity index (χ1n) is 6.54. The Balaban J connectivity index is 2.23. The van der Waals surface area contributed by atoms with Crippen molar-refractivity contribution in [2.24, 2.45) is 5.41 Å². The van der Waals surface area contributed by atoms with E-state index < -0.39 is 5.41 Å². The molecule has 1 aliphatic carbocycles. The Morgan fingerprint density at radius 3 is 2.55 bits per heavy atom. The molecule has 0 spiro atoms. The lowest BCUT2D eigenvalue weighted by molar-refractivity contribution is -0.124. The summed E-state index contributed by atoms with van der Waals surface area (Å²) in [6.45, 7) is 0. The van der Waals surface area contributed by atoms with E-state index in [4.69, 9.17) is 16.9 Å². The van der Waals surface area contributed by atoms with Gasteiger partial charge >= 0.3 is 0 Å². The second kappa shape index (κ2) is 5.94. The van der Waals surface area contributed by atoms with E-state index in [9.17, 15) is 10.1 Å². The number of amides is 1. The molecule has 102 valence electrons. The van der Waals surface area contributed by atoms with Crippen molar-refractivity contribution >= 4 is 23.2 Å². The number of nitrogens with one attached hydrogen (secondary N) is 1. The smallest absolute Gasteiger partial charge is 0.244 e. The minimum atomic E-state index is -0.968. The maximum atomic E-state index is 12.4. The maximum Gasteiger partial charge on any atom is 0.244 e. The van der Waals surface area contributed by atoms with Crippen molar-refractivity contribution in [2.45, 2.75) is 32.1 Å². The Labute approximate surface area is 123 Å². The van der Waals surface area contributed by atoms with Gasteiger partial charge in [0.2, 0.25) is 5.91 Å². The largest absolute Gasteiger partial charge is 0.323 e. The zero-order valence-electron chi connectivity index (χ0n) is 10.9. The van der Waals surface area contributed by atoms with Gasteiger partial charge in [-0.3, -0.25) is 4.79 Å². The predicted octanol–water partition coefficient (Wildman–Crippen LogP) is 3.62. The number of halogens is 1. The van der Waals surface area contributed by atoms with Crippen molar-refractivity contribution in [3.63, 3.8) is 0 Å². The van der Waals surface area contributed by atoms with Gasteiger partial charge in [-0.05, 0) is 31.0 Å². The summed E-state index contributed by atoms with van der Waals surface area (Å²) >= 11 is 6.02. The Bertz CT molecular complexity index is 607. The van der Waals surface area contributed by atoms with Crippen molar-refractivity contribution in [1.29, 1.82) is 10.5 Å². The average Bonchev–Trinajstić information content (AvgIpc) is 2.50. The molecule has 0 bridgehead atoms. The molecule has 0 aromatic heterocycles. The number of carbonyl (C=O) groups is 1. The molecule has 1 N–H and O–H groups in total. The minimum absolute atomic E-state index is 0.323. The maximum absolute atomic E-state index is 12.4. The molecule has 1 saturated carbocycles. The van der Waals surface area contributed by atoms with Crippen LogP contribution in [0.2, 0.25) is 5.02 Å². The zero-order chi connectivity index (χ0) is 14.6. The van der Waals surface area contributed by atoms with Crippen molar-refractivity contribution < 1.29 is 4.79 Å². The molecule has 5 heteroatoms. The molecule has 0 unspecified atom stereocenters. The summed E-state index contributed by atoms with van der Waals surface area (Å²) < 4.78 is 0. The van der Waals surface area contributed by atoms with Crippen molar-refractivity contribution in [2.75, 3.05) is 5.32 Å². The van der Waals surface area contributed by atoms with Gasteiger partial charge in [0, 0.05) is 0 Å². The van der Waals surface area contributed by atoms with Crippen LogP contribution in [0.3, 0.4) is 0 Å². The van der Waals surface area contributed by atoms with E-state index in [-0.39, 0.29) is 5.91 Å². The van der Waals surface area contributed by atoms with Gasteiger partial charge in [0.05, 0.1) is 28.4 Å². The lowest BCUT2D eigenvalue weighted by Crippen LogP contribution is -2.36. The monoisotopic (exact) mass is 287 g/mol. The molecule has 20 heavy (non-hydrogen) atoms. The van der Waals surface area contributed by atoms with Crippen LogP contribution in [0.25, 0.3) is 0 Å². The molecule has 1 fully saturated rings. The van der Waals surface area contributed by atoms with E-state index in [2.05, 4.69) is 11.4 Å². The van der Waals surface area contributed by atoms with Crippen molar-refractivity contribution in [1.82, 2.24) is 0 Å². The van der Waals surface area contributed by atoms with Gasteiger partial charge in [0.25, 0.3) is 0 Å². The molecule has 4 nitrogen and oxygen atoms in total. The first-order chi connectivity index (χ1) is 9.61. The van der Waals surface area contributed by atoms with Crippen LogP contribution in [0.5, 0.6) is 0 Å². The van der Waals surface area contributed by atoms with E-state index in [1.54, 1.807) is 12.1 Å². The van der Waals surface area contributed by atoms with Crippen LogP contribution in [-0.2, 0) is 4.79 Å². The summed E-state index contributed by atoms with van der Waals surface area (Å²) in [5.74, 6) is -0.323. The number of hydrogen-bond donors (Lipinski definition) is 1. The SMILES string of the molecule is N#Cc1ccc(Cl)c(NC(=O)C2(C#N)CCCCC2)c1. The summed E-state index contributed by atoms with van der Waals surface area (Å²) in [6.07, 6.45) is 3.97. The van der Waals surface area contributed by atoms with Crippen LogP contribution in [0.4, 0.5) is 5.69 Å². The number of anilines is 1. The molecular formula is C15H14ClN3O. The molecular weight excluding hydrogens is 274 g/mol. The summed E-state index contributed by atoms with van der Waals surface area (Å²) in [6, 6.07) is 8.83. The molecule has 1 aliphatic rings. The van der Waals surface area contributed by atoms with Crippen LogP contribution in [0.1, 0.15) is 37.7 Å². The molecule has 1 aromatic carbocycles. The fraction of sp³-hybridized carbons (Fsp3) is 0.400. The summed E-state index contributed by atoms with van der Waals surface area (Å²) in [7, 11) is 0. The van der Waals surface area contributed by atoms with Gasteiger partial charge in [-0.1, -0.05) is 30.9 Å². The normalized spacial score (nSPS) is 16.8. The Morgan fingerprint density at radius 1 is 1.25 bits per heavy atom. The van der Waals surface area contributed by atoms with Gasteiger partial charge in [-0.15, -0.1) is 0 Å². The highest BCUT2D eigenvalue weighted by Crippen LogP contribution is 2.37. The van der Waals surface area contributed by atoms with Gasteiger partial charge in [-0.2, -0.15) is 10.5 Å². The van der Waals surface area contributed by atoms with Crippen molar-refractivity contribution in [3.05, 3.63) is 28.8 Å². The third-order valence-electron chi connectivity index (χ3n) is 3.70. The summed E-state index contributed by atoms with van der Waals surface area (Å²) in [5.41, 5.74) is -0.167. The van der Waals surface area contributed by atoms with E-state index >= 15 is 0 Å². The standard InChI is InChI=1S/C15H14ClN3O/c16-12-5-4-11(9-17)8-13(12)19-14(20)15(10-18)6-2-1-3-7-15/h4-5,8H,1-3,6-7H2,(H,19,20). The number of rotatable bonds is 2. The fourth-order valence-corrected chi connectivity index (χ4v) is 2.64. The van der Waals surface area contributed by atoms with Crippen molar-refractivity contribution in [3.8, 4) is 12.1 Å². The van der Waals surface area contributed by atoms with Crippen LogP contribution in [0, 0.1) is 28.1 Å². The van der Waals surface area contributed by atoms with E-state index in [0.29, 0.717) is 29.1 Å². The summed E-state index contributed by atoms with van der Waals surface area (Å²) in [4.78, 5) is 12.4. The Hall–Kier alpha value is -2.04. The minimum Gasteiger partial charge on any atom is -0.323 e. The van der Waals surface area contributed by atoms with E-state index in [0.717, 1.165) is 19.3 Å². The third kappa shape index (κ3) is 2.76. The van der Waals surface area contributed by atoms with Gasteiger partial charge in [0.1, 0.15) is 5.41 Å². The highest BCUT2D eigenvalue weighted by Gasteiger charge is 2.40. The van der Waals surface area contributed by atoms with E-state index in [1.807, 2.05) is 6.07 Å². The lowest BCUT2D eigenvalue weighted by atomic mass is 9.74. The second-order valence-electron chi connectivity index (χ2n) is 5.02. The number of nitriles is 2. The molecule has 0 atom stereocenters. The highest BCUT2D eigenvalue weighted by atomic mass is 35.5. The average molecular weight is 288 g/mol. The molecule has 2 rings (SSSR count). The number of benzene rings is 1. The van der Waals surface area contributed by atoms with Gasteiger partial charge in [-0.25, -0.2) is 0 Å². The molecule has 0 radical (unpaired) electrons. The number of hydrogen-bond acceptors (Lipinski definition) is 3. The van der Waals surface area contributed by atoms with Gasteiger partial charge in [0.15, 0.2) is 0 Å². The second-order valence-corrected chi connectivity index (χ2v) is 5.42. The van der Waals surface area contributed by atoms with Crippen LogP contribution in [-0.4, -0.2) is 5.91 Å².